The molecule has 4 heteroatoms. The number of methoxy groups -OCH3 is 1. The fraction of sp³-hybridized carbons (Fsp3) is 0.923. The zero-order valence-electron chi connectivity index (χ0n) is 21.1. The maximum absolute atomic E-state index is 12.0. The van der Waals surface area contributed by atoms with E-state index in [-0.39, 0.29) is 24.5 Å². The summed E-state index contributed by atoms with van der Waals surface area (Å²) >= 11 is 0. The molecule has 0 rings (SSSR count). The van der Waals surface area contributed by atoms with Gasteiger partial charge in [0.05, 0.1) is 39.9 Å². The van der Waals surface area contributed by atoms with Gasteiger partial charge in [0.1, 0.15) is 6.61 Å². The van der Waals surface area contributed by atoms with E-state index in [1.807, 2.05) is 0 Å². The first-order valence-corrected chi connectivity index (χ1v) is 12.6. The van der Waals surface area contributed by atoms with Crippen LogP contribution in [0.25, 0.3) is 0 Å². The molecular formula is C26H53NO3+. The van der Waals surface area contributed by atoms with E-state index in [0.29, 0.717) is 13.0 Å². The van der Waals surface area contributed by atoms with Crippen LogP contribution in [0, 0.1) is 6.92 Å². The number of carbonyl (C=O) groups excluding carboxylic acids is 1. The number of hydrogen-bond acceptors (Lipinski definition) is 3. The smallest absolute Gasteiger partial charge is 0.158 e. The van der Waals surface area contributed by atoms with Crippen molar-refractivity contribution in [3.8, 4) is 0 Å². The van der Waals surface area contributed by atoms with Crippen molar-refractivity contribution in [1.29, 1.82) is 0 Å². The number of hydrogen-bond donors (Lipinski definition) is 0. The third-order valence-electron chi connectivity index (χ3n) is 6.09. The molecule has 0 aliphatic heterocycles. The maximum Gasteiger partial charge on any atom is 0.158 e. The molecule has 0 fully saturated rings. The normalized spacial score (nSPS) is 14.1. The van der Waals surface area contributed by atoms with Crippen molar-refractivity contribution in [3.63, 3.8) is 0 Å². The predicted molar refractivity (Wildman–Crippen MR) is 129 cm³/mol. The Morgan fingerprint density at radius 3 is 1.73 bits per heavy atom. The second kappa shape index (κ2) is 19.3. The van der Waals surface area contributed by atoms with Crippen molar-refractivity contribution in [2.75, 3.05) is 41.5 Å². The van der Waals surface area contributed by atoms with E-state index in [9.17, 15) is 4.79 Å². The van der Waals surface area contributed by atoms with Gasteiger partial charge in [-0.05, 0) is 6.42 Å². The molecular weight excluding hydrogens is 374 g/mol. The van der Waals surface area contributed by atoms with Crippen LogP contribution in [-0.2, 0) is 14.3 Å². The summed E-state index contributed by atoms with van der Waals surface area (Å²) in [5, 5.41) is 0. The van der Waals surface area contributed by atoms with Crippen LogP contribution in [-0.4, -0.2) is 63.9 Å². The van der Waals surface area contributed by atoms with Crippen LogP contribution in [0.5, 0.6) is 0 Å². The van der Waals surface area contributed by atoms with Crippen molar-refractivity contribution in [3.05, 3.63) is 6.92 Å². The summed E-state index contributed by atoms with van der Waals surface area (Å²) in [4.78, 5) is 12.0. The maximum atomic E-state index is 12.0. The molecule has 0 N–H and O–H groups in total. The van der Waals surface area contributed by atoms with Gasteiger partial charge in [-0.15, -0.1) is 0 Å². The number of Topliss-reactive ketones (excluding diaryl/α,β-unsaturated/α-hetero) is 1. The highest BCUT2D eigenvalue weighted by atomic mass is 16.5. The van der Waals surface area contributed by atoms with Gasteiger partial charge < -0.3 is 14.0 Å². The van der Waals surface area contributed by atoms with Crippen molar-refractivity contribution >= 4 is 5.78 Å². The second-order valence-corrected chi connectivity index (χ2v) is 9.91. The highest BCUT2D eigenvalue weighted by Crippen LogP contribution is 2.14. The molecule has 0 aliphatic rings. The summed E-state index contributed by atoms with van der Waals surface area (Å²) in [6, 6.07) is 0.236. The van der Waals surface area contributed by atoms with Crippen LogP contribution in [0.2, 0.25) is 0 Å². The first-order chi connectivity index (χ1) is 14.3. The minimum Gasteiger partial charge on any atom is -0.379 e. The number of rotatable bonds is 22. The monoisotopic (exact) mass is 427 g/mol. The van der Waals surface area contributed by atoms with Gasteiger partial charge in [-0.2, -0.15) is 0 Å². The average molecular weight is 428 g/mol. The number of nitrogens with zero attached hydrogens (tertiary/aromatic N) is 1. The number of ketones is 1. The van der Waals surface area contributed by atoms with Crippen LogP contribution in [0.15, 0.2) is 0 Å². The molecule has 0 amide bonds. The second-order valence-electron chi connectivity index (χ2n) is 9.91. The zero-order chi connectivity index (χ0) is 22.7. The van der Waals surface area contributed by atoms with Crippen molar-refractivity contribution in [2.24, 2.45) is 0 Å². The Balaban J connectivity index is 3.51. The Hall–Kier alpha value is -0.450. The molecule has 179 valence electrons. The quantitative estimate of drug-likeness (QED) is 0.149. The minimum absolute atomic E-state index is 0.00556. The summed E-state index contributed by atoms with van der Waals surface area (Å²) in [5.74, 6) is 0.214. The molecule has 30 heavy (non-hydrogen) atoms. The van der Waals surface area contributed by atoms with Crippen LogP contribution in [0.4, 0.5) is 0 Å². The Bertz CT molecular complexity index is 392. The first kappa shape index (κ1) is 29.5. The number of unbranched alkanes of at least 4 members (excludes halogenated alkanes) is 12. The molecule has 0 saturated heterocycles. The lowest BCUT2D eigenvalue weighted by Crippen LogP contribution is -2.45. The Kier molecular flexibility index (Phi) is 19.0. The Morgan fingerprint density at radius 1 is 0.833 bits per heavy atom. The van der Waals surface area contributed by atoms with Gasteiger partial charge in [0, 0.05) is 26.9 Å². The van der Waals surface area contributed by atoms with E-state index in [1.165, 1.54) is 70.6 Å². The Morgan fingerprint density at radius 2 is 1.30 bits per heavy atom. The van der Waals surface area contributed by atoms with Gasteiger partial charge in [-0.25, -0.2) is 0 Å². The van der Waals surface area contributed by atoms with E-state index in [0.717, 1.165) is 23.7 Å². The lowest BCUT2D eigenvalue weighted by Gasteiger charge is -2.33. The van der Waals surface area contributed by atoms with Crippen LogP contribution >= 0.6 is 0 Å². The minimum atomic E-state index is -0.00556. The largest absolute Gasteiger partial charge is 0.379 e. The van der Waals surface area contributed by atoms with Gasteiger partial charge in [0.25, 0.3) is 0 Å². The van der Waals surface area contributed by atoms with E-state index in [1.54, 1.807) is 7.11 Å². The molecule has 0 aromatic rings. The van der Waals surface area contributed by atoms with Crippen LogP contribution in [0.3, 0.4) is 0 Å². The molecule has 0 bridgehead atoms. The van der Waals surface area contributed by atoms with Crippen LogP contribution in [0.1, 0.15) is 103 Å². The molecule has 0 spiro atoms. The predicted octanol–water partition coefficient (Wildman–Crippen LogP) is 6.37. The number of ether oxygens (including phenoxy) is 2. The summed E-state index contributed by atoms with van der Waals surface area (Å²) in [6.07, 6.45) is 18.7. The third-order valence-corrected chi connectivity index (χ3v) is 6.09. The molecule has 2 unspecified atom stereocenters. The van der Waals surface area contributed by atoms with Crippen molar-refractivity contribution < 1.29 is 18.8 Å². The van der Waals surface area contributed by atoms with Gasteiger partial charge in [-0.1, -0.05) is 84.0 Å². The average Bonchev–Trinajstić information content (AvgIpc) is 2.69. The lowest BCUT2D eigenvalue weighted by atomic mass is 10.0. The van der Waals surface area contributed by atoms with E-state index in [2.05, 4.69) is 35.0 Å². The third kappa shape index (κ3) is 18.3. The molecule has 0 heterocycles. The fourth-order valence-electron chi connectivity index (χ4n) is 3.57. The molecule has 0 aromatic carbocycles. The molecule has 4 nitrogen and oxygen atoms in total. The van der Waals surface area contributed by atoms with Gasteiger partial charge in [0.15, 0.2) is 5.78 Å². The van der Waals surface area contributed by atoms with Gasteiger partial charge >= 0.3 is 0 Å². The topological polar surface area (TPSA) is 35.5 Å². The number of quaternary nitrogens is 1. The van der Waals surface area contributed by atoms with E-state index >= 15 is 0 Å². The summed E-state index contributed by atoms with van der Waals surface area (Å²) in [7, 11) is 8.09. The lowest BCUT2D eigenvalue weighted by molar-refractivity contribution is -0.890. The first-order valence-electron chi connectivity index (χ1n) is 12.6. The van der Waals surface area contributed by atoms with Crippen LogP contribution < -0.4 is 0 Å². The summed E-state index contributed by atoms with van der Waals surface area (Å²) in [6.45, 7) is 7.16. The molecule has 0 saturated carbocycles. The van der Waals surface area contributed by atoms with Gasteiger partial charge in [-0.3, -0.25) is 4.79 Å². The zero-order valence-corrected chi connectivity index (χ0v) is 21.1. The summed E-state index contributed by atoms with van der Waals surface area (Å²) in [5.41, 5.74) is 0. The molecule has 0 aromatic heterocycles. The molecule has 1 radical (unpaired) electrons. The van der Waals surface area contributed by atoms with Crippen molar-refractivity contribution in [2.45, 2.75) is 115 Å². The van der Waals surface area contributed by atoms with Crippen molar-refractivity contribution in [1.82, 2.24) is 0 Å². The fourth-order valence-corrected chi connectivity index (χ4v) is 3.57. The standard InChI is InChI=1S/C26H53NO3/c1-7-8-9-10-11-12-13-14-15-16-17-18-19-20-25(28)22-30-23-26(29-6)21-24(2)27(3,4)5/h24,26H,2,7-23H2,1,3-6H3/q+1. The molecule has 0 aliphatic carbocycles. The van der Waals surface area contributed by atoms with E-state index in [4.69, 9.17) is 9.47 Å². The molecule has 2 atom stereocenters. The number of carbonyl (C=O) groups is 1. The van der Waals surface area contributed by atoms with Gasteiger partial charge in [0.2, 0.25) is 0 Å². The highest BCUT2D eigenvalue weighted by molar-refractivity contribution is 5.79. The van der Waals surface area contributed by atoms with E-state index < -0.39 is 0 Å². The highest BCUT2D eigenvalue weighted by Gasteiger charge is 2.23. The summed E-state index contributed by atoms with van der Waals surface area (Å²) < 4.78 is 11.9. The Labute approximate surface area is 188 Å². The SMILES string of the molecule is [CH2]C(CC(COCC(=O)CCCCCCCCCCCCCCC)OC)[N+](C)(C)C.